The van der Waals surface area contributed by atoms with Gasteiger partial charge in [0.1, 0.15) is 6.04 Å². The molecule has 4 N–H and O–H groups in total. The molecule has 6 fully saturated rings. The van der Waals surface area contributed by atoms with Crippen molar-refractivity contribution in [1.29, 1.82) is 5.26 Å². The fraction of sp³-hybridized carbons (Fsp3) is 0.889. The SMILES string of the molecule is N#CC1CC2CC2N1C(=O)C([NH3+])C12CC3CC(CC(O)(C3)C1)C2. The third kappa shape index (κ3) is 1.88. The van der Waals surface area contributed by atoms with Crippen molar-refractivity contribution in [2.24, 2.45) is 23.2 Å². The summed E-state index contributed by atoms with van der Waals surface area (Å²) in [4.78, 5) is 15.1. The molecule has 124 valence electrons. The third-order valence-corrected chi connectivity index (χ3v) is 7.62. The van der Waals surface area contributed by atoms with E-state index in [1.54, 1.807) is 0 Å². The molecule has 5 heteroatoms. The lowest BCUT2D eigenvalue weighted by Crippen LogP contribution is -2.78. The van der Waals surface area contributed by atoms with Gasteiger partial charge in [0.05, 0.1) is 11.7 Å². The van der Waals surface area contributed by atoms with Crippen LogP contribution in [0.25, 0.3) is 0 Å². The van der Waals surface area contributed by atoms with Gasteiger partial charge in [-0.3, -0.25) is 4.79 Å². The molecule has 23 heavy (non-hydrogen) atoms. The largest absolute Gasteiger partial charge is 0.390 e. The van der Waals surface area contributed by atoms with E-state index in [0.717, 1.165) is 44.9 Å². The van der Waals surface area contributed by atoms with Crippen molar-refractivity contribution in [3.8, 4) is 6.07 Å². The molecule has 5 nitrogen and oxygen atoms in total. The Morgan fingerprint density at radius 3 is 2.52 bits per heavy atom. The zero-order chi connectivity index (χ0) is 16.0. The first-order valence-electron chi connectivity index (χ1n) is 9.20. The fourth-order valence-corrected chi connectivity index (χ4v) is 7.02. The molecule has 1 heterocycles. The predicted molar refractivity (Wildman–Crippen MR) is 81.5 cm³/mol. The summed E-state index contributed by atoms with van der Waals surface area (Å²) in [6.07, 6.45) is 7.81. The molecule has 1 aliphatic heterocycles. The number of carbonyl (C=O) groups excluding carboxylic acids is 1. The molecule has 0 radical (unpaired) electrons. The smallest absolute Gasteiger partial charge is 0.282 e. The number of amides is 1. The molecule has 6 atom stereocenters. The third-order valence-electron chi connectivity index (χ3n) is 7.62. The number of likely N-dealkylation sites (tertiary alicyclic amines) is 1. The van der Waals surface area contributed by atoms with Crippen molar-refractivity contribution < 1.29 is 15.6 Å². The van der Waals surface area contributed by atoms with E-state index in [0.29, 0.717) is 23.8 Å². The summed E-state index contributed by atoms with van der Waals surface area (Å²) in [7, 11) is 0. The zero-order valence-electron chi connectivity index (χ0n) is 13.6. The lowest BCUT2D eigenvalue weighted by Gasteiger charge is -2.60. The van der Waals surface area contributed by atoms with Crippen LogP contribution in [0.2, 0.25) is 0 Å². The summed E-state index contributed by atoms with van der Waals surface area (Å²) in [5, 5.41) is 20.3. The van der Waals surface area contributed by atoms with Crippen molar-refractivity contribution in [3.63, 3.8) is 0 Å². The average molecular weight is 316 g/mol. The molecule has 5 saturated carbocycles. The van der Waals surface area contributed by atoms with Gasteiger partial charge in [0, 0.05) is 11.5 Å². The highest BCUT2D eigenvalue weighted by Gasteiger charge is 2.64. The molecular formula is C18H26N3O2+. The van der Waals surface area contributed by atoms with E-state index >= 15 is 0 Å². The standard InChI is InChI=1S/C18H25N3O2/c19-8-13-2-12-3-14(12)21(13)16(22)15(20)17-4-10-1-11(5-17)7-18(23,6-10)9-17/h10-15,23H,1-7,9,20H2/p+1. The average Bonchev–Trinajstić information content (AvgIpc) is 3.14. The maximum absolute atomic E-state index is 13.2. The Morgan fingerprint density at radius 2 is 1.91 bits per heavy atom. The van der Waals surface area contributed by atoms with Crippen molar-refractivity contribution >= 4 is 5.91 Å². The molecular weight excluding hydrogens is 290 g/mol. The van der Waals surface area contributed by atoms with Crippen molar-refractivity contribution in [3.05, 3.63) is 0 Å². The van der Waals surface area contributed by atoms with E-state index in [9.17, 15) is 15.2 Å². The summed E-state index contributed by atoms with van der Waals surface area (Å²) >= 11 is 0. The second-order valence-corrected chi connectivity index (χ2v) is 9.29. The van der Waals surface area contributed by atoms with Gasteiger partial charge in [-0.2, -0.15) is 5.26 Å². The monoisotopic (exact) mass is 316 g/mol. The summed E-state index contributed by atoms with van der Waals surface area (Å²) in [6.45, 7) is 0. The molecule has 0 aromatic rings. The van der Waals surface area contributed by atoms with Crippen LogP contribution >= 0.6 is 0 Å². The van der Waals surface area contributed by atoms with Crippen LogP contribution < -0.4 is 5.73 Å². The van der Waals surface area contributed by atoms with Crippen molar-refractivity contribution in [2.75, 3.05) is 0 Å². The molecule has 0 aromatic carbocycles. The molecule has 4 bridgehead atoms. The lowest BCUT2D eigenvalue weighted by molar-refractivity contribution is -0.445. The minimum atomic E-state index is -0.554. The van der Waals surface area contributed by atoms with E-state index in [4.69, 9.17) is 0 Å². The second-order valence-electron chi connectivity index (χ2n) is 9.29. The molecule has 6 unspecified atom stereocenters. The molecule has 5 aliphatic carbocycles. The van der Waals surface area contributed by atoms with Gasteiger partial charge < -0.3 is 15.7 Å². The topological polar surface area (TPSA) is 92.0 Å². The van der Waals surface area contributed by atoms with Crippen LogP contribution in [0, 0.1) is 34.5 Å². The highest BCUT2D eigenvalue weighted by atomic mass is 16.3. The Bertz CT molecular complexity index is 598. The van der Waals surface area contributed by atoms with Crippen LogP contribution in [-0.4, -0.2) is 39.6 Å². The zero-order valence-corrected chi connectivity index (χ0v) is 13.6. The number of aliphatic hydroxyl groups is 1. The number of hydrogen-bond acceptors (Lipinski definition) is 3. The highest BCUT2D eigenvalue weighted by Crippen LogP contribution is 2.62. The molecule has 0 spiro atoms. The number of rotatable bonds is 2. The summed E-state index contributed by atoms with van der Waals surface area (Å²) < 4.78 is 0. The number of nitriles is 1. The minimum Gasteiger partial charge on any atom is -0.390 e. The highest BCUT2D eigenvalue weighted by molar-refractivity contribution is 5.83. The number of carbonyl (C=O) groups is 1. The van der Waals surface area contributed by atoms with E-state index in [2.05, 4.69) is 11.8 Å². The van der Waals surface area contributed by atoms with E-state index in [-0.39, 0.29) is 23.4 Å². The van der Waals surface area contributed by atoms with Gasteiger partial charge >= 0.3 is 0 Å². The number of nitrogens with zero attached hydrogens (tertiary/aromatic N) is 2. The number of hydrogen-bond donors (Lipinski definition) is 2. The lowest BCUT2D eigenvalue weighted by atomic mass is 9.46. The van der Waals surface area contributed by atoms with Gasteiger partial charge in [-0.1, -0.05) is 0 Å². The van der Waals surface area contributed by atoms with Gasteiger partial charge in [0.25, 0.3) is 5.91 Å². The van der Waals surface area contributed by atoms with Crippen LogP contribution in [0.3, 0.4) is 0 Å². The van der Waals surface area contributed by atoms with Gasteiger partial charge in [-0.05, 0) is 69.1 Å². The fourth-order valence-electron chi connectivity index (χ4n) is 7.02. The molecule has 6 rings (SSSR count). The van der Waals surface area contributed by atoms with E-state index in [1.165, 1.54) is 6.42 Å². The predicted octanol–water partition coefficient (Wildman–Crippen LogP) is 0.441. The first-order chi connectivity index (χ1) is 10.9. The number of quaternary nitrogens is 1. The minimum absolute atomic E-state index is 0.0899. The van der Waals surface area contributed by atoms with Crippen LogP contribution in [0.15, 0.2) is 0 Å². The number of fused-ring (bicyclic) bond motifs is 1. The Balaban J connectivity index is 1.43. The Kier molecular flexibility index (Phi) is 2.65. The first-order valence-corrected chi connectivity index (χ1v) is 9.20. The Morgan fingerprint density at radius 1 is 1.22 bits per heavy atom. The van der Waals surface area contributed by atoms with Gasteiger partial charge in [0.2, 0.25) is 0 Å². The van der Waals surface area contributed by atoms with Crippen molar-refractivity contribution in [1.82, 2.24) is 4.90 Å². The first kappa shape index (κ1) is 14.2. The van der Waals surface area contributed by atoms with Gasteiger partial charge in [-0.15, -0.1) is 0 Å². The van der Waals surface area contributed by atoms with Crippen LogP contribution in [0.5, 0.6) is 0 Å². The molecule has 0 aromatic heterocycles. The van der Waals surface area contributed by atoms with Crippen LogP contribution in [0.1, 0.15) is 51.4 Å². The second kappa shape index (κ2) is 4.29. The van der Waals surface area contributed by atoms with Crippen molar-refractivity contribution in [2.45, 2.75) is 75.1 Å². The van der Waals surface area contributed by atoms with Crippen LogP contribution in [0.4, 0.5) is 0 Å². The normalized spacial score (nSPS) is 53.8. The summed E-state index contributed by atoms with van der Waals surface area (Å²) in [5.41, 5.74) is 3.64. The molecule has 1 amide bonds. The molecule has 6 aliphatic rings. The Hall–Kier alpha value is -1.12. The van der Waals surface area contributed by atoms with Gasteiger partial charge in [-0.25, -0.2) is 0 Å². The Labute approximate surface area is 136 Å². The number of piperidine rings is 1. The maximum atomic E-state index is 13.2. The van der Waals surface area contributed by atoms with E-state index < -0.39 is 5.60 Å². The van der Waals surface area contributed by atoms with E-state index in [1.807, 2.05) is 4.90 Å². The summed E-state index contributed by atoms with van der Waals surface area (Å²) in [6, 6.07) is 2.08. The summed E-state index contributed by atoms with van der Waals surface area (Å²) in [5.74, 6) is 1.78. The maximum Gasteiger partial charge on any atom is 0.282 e. The quantitative estimate of drug-likeness (QED) is 0.774. The van der Waals surface area contributed by atoms with Gasteiger partial charge in [0.15, 0.2) is 6.04 Å². The van der Waals surface area contributed by atoms with Crippen LogP contribution in [-0.2, 0) is 4.79 Å². The molecule has 1 saturated heterocycles.